The van der Waals surface area contributed by atoms with E-state index < -0.39 is 0 Å². The van der Waals surface area contributed by atoms with Gasteiger partial charge in [0.1, 0.15) is 5.75 Å². The third kappa shape index (κ3) is 4.13. The minimum absolute atomic E-state index is 0.00708. The summed E-state index contributed by atoms with van der Waals surface area (Å²) in [6, 6.07) is 15.0. The molecule has 0 saturated carbocycles. The first-order valence-corrected chi connectivity index (χ1v) is 8.55. The van der Waals surface area contributed by atoms with E-state index in [0.29, 0.717) is 28.9 Å². The van der Waals surface area contributed by atoms with Gasteiger partial charge in [0.2, 0.25) is 0 Å². The molecule has 2 aromatic carbocycles. The highest BCUT2D eigenvalue weighted by atomic mass is 35.5. The molecule has 1 aliphatic heterocycles. The standard InChI is InChI=1S/C18H18Cl2N2O2/c19-16-7-6-14(12-17(16)20)21-8-10-22(11-9-21)18(23)13-24-15-4-2-1-3-5-15/h1-7,12H,8-11,13H2. The van der Waals surface area contributed by atoms with Crippen molar-refractivity contribution in [3.05, 3.63) is 58.6 Å². The molecule has 4 nitrogen and oxygen atoms in total. The molecule has 0 bridgehead atoms. The maximum atomic E-state index is 12.3. The van der Waals surface area contributed by atoms with Crippen molar-refractivity contribution in [3.63, 3.8) is 0 Å². The number of carbonyl (C=O) groups excluding carboxylic acids is 1. The molecule has 0 aromatic heterocycles. The van der Waals surface area contributed by atoms with Gasteiger partial charge in [-0.15, -0.1) is 0 Å². The van der Waals surface area contributed by atoms with Gasteiger partial charge in [-0.2, -0.15) is 0 Å². The Morgan fingerprint density at radius 3 is 2.33 bits per heavy atom. The Balaban J connectivity index is 1.51. The smallest absolute Gasteiger partial charge is 0.260 e. The van der Waals surface area contributed by atoms with Crippen LogP contribution in [0, 0.1) is 0 Å². The fourth-order valence-corrected chi connectivity index (χ4v) is 2.94. The first kappa shape index (κ1) is 16.9. The van der Waals surface area contributed by atoms with Crippen LogP contribution in [0.3, 0.4) is 0 Å². The number of amides is 1. The summed E-state index contributed by atoms with van der Waals surface area (Å²) in [5.41, 5.74) is 1.03. The summed E-state index contributed by atoms with van der Waals surface area (Å²) in [4.78, 5) is 16.3. The minimum atomic E-state index is 0.00708. The first-order chi connectivity index (χ1) is 11.6. The SMILES string of the molecule is O=C(COc1ccccc1)N1CCN(c2ccc(Cl)c(Cl)c2)CC1. The van der Waals surface area contributed by atoms with Crippen molar-refractivity contribution in [2.45, 2.75) is 0 Å². The Kier molecular flexibility index (Phi) is 5.48. The van der Waals surface area contributed by atoms with E-state index in [1.54, 1.807) is 6.07 Å². The lowest BCUT2D eigenvalue weighted by molar-refractivity contribution is -0.133. The van der Waals surface area contributed by atoms with Gasteiger partial charge in [-0.25, -0.2) is 0 Å². The monoisotopic (exact) mass is 364 g/mol. The van der Waals surface area contributed by atoms with E-state index in [9.17, 15) is 4.79 Å². The summed E-state index contributed by atoms with van der Waals surface area (Å²) in [6.07, 6.45) is 0. The number of para-hydroxylation sites is 1. The van der Waals surface area contributed by atoms with E-state index in [1.165, 1.54) is 0 Å². The first-order valence-electron chi connectivity index (χ1n) is 7.79. The van der Waals surface area contributed by atoms with Gasteiger partial charge in [-0.1, -0.05) is 41.4 Å². The second kappa shape index (κ2) is 7.77. The molecular weight excluding hydrogens is 347 g/mol. The van der Waals surface area contributed by atoms with Crippen LogP contribution < -0.4 is 9.64 Å². The Morgan fingerprint density at radius 2 is 1.67 bits per heavy atom. The molecule has 126 valence electrons. The summed E-state index contributed by atoms with van der Waals surface area (Å²) in [5.74, 6) is 0.716. The van der Waals surface area contributed by atoms with Crippen molar-refractivity contribution in [3.8, 4) is 5.75 Å². The molecule has 3 rings (SSSR count). The van der Waals surface area contributed by atoms with Gasteiger partial charge in [-0.05, 0) is 30.3 Å². The number of hydrogen-bond acceptors (Lipinski definition) is 3. The maximum Gasteiger partial charge on any atom is 0.260 e. The molecule has 1 saturated heterocycles. The third-order valence-electron chi connectivity index (χ3n) is 4.01. The lowest BCUT2D eigenvalue weighted by Crippen LogP contribution is -2.50. The number of hydrogen-bond donors (Lipinski definition) is 0. The fourth-order valence-electron chi connectivity index (χ4n) is 2.65. The van der Waals surface area contributed by atoms with Crippen molar-refractivity contribution in [1.29, 1.82) is 0 Å². The van der Waals surface area contributed by atoms with Gasteiger partial charge in [0.25, 0.3) is 5.91 Å². The average molecular weight is 365 g/mol. The van der Waals surface area contributed by atoms with Crippen LogP contribution in [0.15, 0.2) is 48.5 Å². The van der Waals surface area contributed by atoms with Gasteiger partial charge in [-0.3, -0.25) is 4.79 Å². The summed E-state index contributed by atoms with van der Waals surface area (Å²) >= 11 is 12.0. The van der Waals surface area contributed by atoms with Crippen LogP contribution in [0.1, 0.15) is 0 Å². The molecule has 0 radical (unpaired) electrons. The molecule has 1 aliphatic rings. The topological polar surface area (TPSA) is 32.8 Å². The van der Waals surface area contributed by atoms with E-state index in [-0.39, 0.29) is 12.5 Å². The molecule has 1 heterocycles. The zero-order valence-corrected chi connectivity index (χ0v) is 14.6. The van der Waals surface area contributed by atoms with Crippen molar-refractivity contribution in [2.75, 3.05) is 37.7 Å². The van der Waals surface area contributed by atoms with E-state index in [1.807, 2.05) is 47.4 Å². The summed E-state index contributed by atoms with van der Waals surface area (Å²) < 4.78 is 5.52. The van der Waals surface area contributed by atoms with Crippen LogP contribution in [0.5, 0.6) is 5.75 Å². The van der Waals surface area contributed by atoms with Crippen LogP contribution in [0.4, 0.5) is 5.69 Å². The molecular formula is C18H18Cl2N2O2. The highest BCUT2D eigenvalue weighted by Crippen LogP contribution is 2.27. The van der Waals surface area contributed by atoms with E-state index in [0.717, 1.165) is 18.8 Å². The zero-order chi connectivity index (χ0) is 16.9. The minimum Gasteiger partial charge on any atom is -0.484 e. The molecule has 0 spiro atoms. The van der Waals surface area contributed by atoms with Crippen molar-refractivity contribution >= 4 is 34.8 Å². The Morgan fingerprint density at radius 1 is 0.958 bits per heavy atom. The predicted molar refractivity (Wildman–Crippen MR) is 97.2 cm³/mol. The number of carbonyl (C=O) groups is 1. The van der Waals surface area contributed by atoms with Crippen molar-refractivity contribution < 1.29 is 9.53 Å². The van der Waals surface area contributed by atoms with E-state index in [4.69, 9.17) is 27.9 Å². The zero-order valence-electron chi connectivity index (χ0n) is 13.1. The maximum absolute atomic E-state index is 12.3. The number of piperazine rings is 1. The number of ether oxygens (including phenoxy) is 1. The van der Waals surface area contributed by atoms with Crippen molar-refractivity contribution in [2.24, 2.45) is 0 Å². The lowest BCUT2D eigenvalue weighted by Gasteiger charge is -2.36. The van der Waals surface area contributed by atoms with Gasteiger partial charge in [0, 0.05) is 31.9 Å². The Hall–Kier alpha value is -1.91. The number of benzene rings is 2. The molecule has 1 fully saturated rings. The van der Waals surface area contributed by atoms with Crippen LogP contribution in [-0.4, -0.2) is 43.6 Å². The van der Waals surface area contributed by atoms with Crippen molar-refractivity contribution in [1.82, 2.24) is 4.90 Å². The molecule has 0 unspecified atom stereocenters. The van der Waals surface area contributed by atoms with Gasteiger partial charge >= 0.3 is 0 Å². The van der Waals surface area contributed by atoms with Crippen LogP contribution in [0.25, 0.3) is 0 Å². The molecule has 24 heavy (non-hydrogen) atoms. The van der Waals surface area contributed by atoms with E-state index >= 15 is 0 Å². The molecule has 0 atom stereocenters. The molecule has 0 N–H and O–H groups in total. The van der Waals surface area contributed by atoms with Crippen LogP contribution >= 0.6 is 23.2 Å². The molecule has 2 aromatic rings. The predicted octanol–water partition coefficient (Wildman–Crippen LogP) is 3.72. The number of rotatable bonds is 4. The second-order valence-electron chi connectivity index (χ2n) is 5.57. The normalized spacial score (nSPS) is 14.6. The van der Waals surface area contributed by atoms with Gasteiger partial charge < -0.3 is 14.5 Å². The second-order valence-corrected chi connectivity index (χ2v) is 6.38. The molecule has 1 amide bonds. The quantitative estimate of drug-likeness (QED) is 0.828. The number of nitrogens with zero attached hydrogens (tertiary/aromatic N) is 2. The van der Waals surface area contributed by atoms with Gasteiger partial charge in [0.15, 0.2) is 6.61 Å². The van der Waals surface area contributed by atoms with Gasteiger partial charge in [0.05, 0.1) is 10.0 Å². The Labute approximate surface area is 151 Å². The van der Waals surface area contributed by atoms with Crippen LogP contribution in [0.2, 0.25) is 10.0 Å². The van der Waals surface area contributed by atoms with E-state index in [2.05, 4.69) is 4.90 Å². The lowest BCUT2D eigenvalue weighted by atomic mass is 10.2. The molecule has 0 aliphatic carbocycles. The highest BCUT2D eigenvalue weighted by molar-refractivity contribution is 6.42. The summed E-state index contributed by atoms with van der Waals surface area (Å²) in [7, 11) is 0. The number of anilines is 1. The number of halogens is 2. The average Bonchev–Trinajstić information content (AvgIpc) is 2.63. The fraction of sp³-hybridized carbons (Fsp3) is 0.278. The largest absolute Gasteiger partial charge is 0.484 e. The Bertz CT molecular complexity index is 701. The summed E-state index contributed by atoms with van der Waals surface area (Å²) in [6.45, 7) is 2.91. The third-order valence-corrected chi connectivity index (χ3v) is 4.75. The van der Waals surface area contributed by atoms with Crippen LogP contribution in [-0.2, 0) is 4.79 Å². The highest BCUT2D eigenvalue weighted by Gasteiger charge is 2.22. The summed E-state index contributed by atoms with van der Waals surface area (Å²) in [5, 5.41) is 1.09. The molecule has 6 heteroatoms.